The summed E-state index contributed by atoms with van der Waals surface area (Å²) < 4.78 is 15.2. The van der Waals surface area contributed by atoms with Gasteiger partial charge in [-0.1, -0.05) is 24.8 Å². The number of imide groups is 1. The van der Waals surface area contributed by atoms with Crippen LogP contribution < -0.4 is 10.1 Å². The number of hydrogen-bond donors (Lipinski definition) is 1. The van der Waals surface area contributed by atoms with Crippen molar-refractivity contribution in [2.24, 2.45) is 0 Å². The van der Waals surface area contributed by atoms with Crippen molar-refractivity contribution < 1.29 is 33.2 Å². The predicted molar refractivity (Wildman–Crippen MR) is 106 cm³/mol. The second-order valence-corrected chi connectivity index (χ2v) is 6.19. The van der Waals surface area contributed by atoms with Gasteiger partial charge in [-0.3, -0.25) is 19.8 Å². The van der Waals surface area contributed by atoms with Gasteiger partial charge in [-0.2, -0.15) is 0 Å². The van der Waals surface area contributed by atoms with Crippen molar-refractivity contribution in [1.29, 1.82) is 0 Å². The smallest absolute Gasteiger partial charge is 0.373 e. The summed E-state index contributed by atoms with van der Waals surface area (Å²) in [6, 6.07) is 6.29. The highest BCUT2D eigenvalue weighted by Crippen LogP contribution is 2.33. The van der Waals surface area contributed by atoms with E-state index in [1.54, 1.807) is 0 Å². The lowest BCUT2D eigenvalue weighted by Gasteiger charge is -2.09. The van der Waals surface area contributed by atoms with E-state index in [2.05, 4.69) is 16.6 Å². The topological polar surface area (TPSA) is 141 Å². The Labute approximate surface area is 175 Å². The first-order chi connectivity index (χ1) is 14.8. The van der Waals surface area contributed by atoms with Crippen LogP contribution in [0, 0.1) is 10.1 Å². The van der Waals surface area contributed by atoms with Crippen molar-refractivity contribution >= 4 is 29.7 Å². The molecule has 1 aliphatic heterocycles. The largest absolute Gasteiger partial charge is 0.482 e. The number of hydrogen-bond acceptors (Lipinski definition) is 8. The van der Waals surface area contributed by atoms with E-state index in [1.807, 2.05) is 0 Å². The summed E-state index contributed by atoms with van der Waals surface area (Å²) in [6.45, 7) is 3.29. The summed E-state index contributed by atoms with van der Waals surface area (Å²) in [6.07, 6.45) is 2.71. The van der Waals surface area contributed by atoms with E-state index >= 15 is 0 Å². The average Bonchev–Trinajstić information content (AvgIpc) is 3.32. The highest BCUT2D eigenvalue weighted by atomic mass is 16.6. The Hall–Kier alpha value is -4.41. The number of nitrogens with one attached hydrogen (secondary N) is 1. The molecule has 1 aliphatic rings. The van der Waals surface area contributed by atoms with Crippen LogP contribution in [-0.4, -0.2) is 41.4 Å². The molecule has 0 bridgehead atoms. The third-order valence-electron chi connectivity index (χ3n) is 4.19. The maximum atomic E-state index is 12.7. The molecule has 1 aromatic carbocycles. The van der Waals surface area contributed by atoms with Crippen molar-refractivity contribution in [1.82, 2.24) is 10.2 Å². The summed E-state index contributed by atoms with van der Waals surface area (Å²) in [7, 11) is 1.19. The number of nitrogens with zero attached hydrogens (tertiary/aromatic N) is 2. The molecule has 11 nitrogen and oxygen atoms in total. The Kier molecular flexibility index (Phi) is 6.15. The maximum Gasteiger partial charge on any atom is 0.373 e. The summed E-state index contributed by atoms with van der Waals surface area (Å²) in [5.74, 6) is -1.31. The molecule has 2 aromatic rings. The number of furan rings is 1. The van der Waals surface area contributed by atoms with Crippen LogP contribution in [0.25, 0.3) is 6.08 Å². The lowest BCUT2D eigenvalue weighted by atomic mass is 10.1. The van der Waals surface area contributed by atoms with Crippen LogP contribution in [0.3, 0.4) is 0 Å². The molecule has 0 atom stereocenters. The van der Waals surface area contributed by atoms with Crippen molar-refractivity contribution in [3.05, 3.63) is 75.9 Å². The quantitative estimate of drug-likeness (QED) is 0.169. The molecule has 3 rings (SSSR count). The van der Waals surface area contributed by atoms with E-state index in [9.17, 15) is 24.5 Å². The molecule has 160 valence electrons. The lowest BCUT2D eigenvalue weighted by molar-refractivity contribution is -0.385. The first-order valence-corrected chi connectivity index (χ1v) is 8.88. The fourth-order valence-corrected chi connectivity index (χ4v) is 2.80. The molecule has 0 aliphatic carbocycles. The Morgan fingerprint density at radius 1 is 1.32 bits per heavy atom. The molecule has 3 amide bonds. The van der Waals surface area contributed by atoms with E-state index in [1.165, 1.54) is 49.6 Å². The minimum Gasteiger partial charge on any atom is -0.482 e. The van der Waals surface area contributed by atoms with Gasteiger partial charge < -0.3 is 19.2 Å². The molecule has 1 saturated heterocycles. The van der Waals surface area contributed by atoms with Gasteiger partial charge in [0.25, 0.3) is 5.91 Å². The Morgan fingerprint density at radius 3 is 2.77 bits per heavy atom. The number of amides is 3. The average molecular weight is 427 g/mol. The van der Waals surface area contributed by atoms with E-state index in [0.29, 0.717) is 0 Å². The van der Waals surface area contributed by atoms with Crippen LogP contribution in [0.15, 0.2) is 53.1 Å². The number of para-hydroxylation sites is 1. The molecule has 0 radical (unpaired) electrons. The Morgan fingerprint density at radius 2 is 2.10 bits per heavy atom. The second kappa shape index (κ2) is 8.95. The highest BCUT2D eigenvalue weighted by Gasteiger charge is 2.35. The van der Waals surface area contributed by atoms with Crippen molar-refractivity contribution in [2.45, 2.75) is 6.54 Å². The summed E-state index contributed by atoms with van der Waals surface area (Å²) in [4.78, 5) is 48.0. The minimum atomic E-state index is -0.716. The van der Waals surface area contributed by atoms with Crippen LogP contribution in [0.1, 0.15) is 21.9 Å². The number of nitro groups is 1. The third-order valence-corrected chi connectivity index (χ3v) is 4.19. The van der Waals surface area contributed by atoms with Gasteiger partial charge in [0.2, 0.25) is 11.5 Å². The molecule has 1 aromatic heterocycles. The molecule has 1 N–H and O–H groups in total. The molecule has 0 unspecified atom stereocenters. The fraction of sp³-hybridized carbons (Fsp3) is 0.150. The zero-order valence-electron chi connectivity index (χ0n) is 16.3. The van der Waals surface area contributed by atoms with E-state index in [4.69, 9.17) is 9.15 Å². The normalized spacial score (nSPS) is 14.5. The van der Waals surface area contributed by atoms with Crippen LogP contribution in [-0.2, 0) is 16.1 Å². The zero-order valence-corrected chi connectivity index (χ0v) is 16.3. The van der Waals surface area contributed by atoms with Gasteiger partial charge in [-0.25, -0.2) is 9.59 Å². The van der Waals surface area contributed by atoms with Gasteiger partial charge in [-0.05, 0) is 18.2 Å². The molecule has 1 fully saturated rings. The van der Waals surface area contributed by atoms with Gasteiger partial charge in [0.05, 0.1) is 18.6 Å². The fourth-order valence-electron chi connectivity index (χ4n) is 2.80. The molecule has 31 heavy (non-hydrogen) atoms. The van der Waals surface area contributed by atoms with Crippen LogP contribution in [0.4, 0.5) is 10.5 Å². The van der Waals surface area contributed by atoms with Crippen molar-refractivity contribution in [3.63, 3.8) is 0 Å². The minimum absolute atomic E-state index is 0.00841. The Balaban J connectivity index is 1.87. The monoisotopic (exact) mass is 427 g/mol. The van der Waals surface area contributed by atoms with Gasteiger partial charge in [0, 0.05) is 11.6 Å². The molecule has 0 spiro atoms. The number of ether oxygens (including phenoxy) is 2. The number of rotatable bonds is 8. The lowest BCUT2D eigenvalue weighted by Crippen LogP contribution is -2.30. The highest BCUT2D eigenvalue weighted by molar-refractivity contribution is 6.14. The number of urea groups is 1. The van der Waals surface area contributed by atoms with Gasteiger partial charge >= 0.3 is 17.7 Å². The molecular weight excluding hydrogens is 410 g/mol. The molecule has 11 heteroatoms. The second-order valence-electron chi connectivity index (χ2n) is 6.19. The van der Waals surface area contributed by atoms with Crippen LogP contribution >= 0.6 is 0 Å². The summed E-state index contributed by atoms with van der Waals surface area (Å²) >= 11 is 0. The summed E-state index contributed by atoms with van der Waals surface area (Å²) in [5.41, 5.74) is -0.169. The number of nitro benzene ring substituents is 1. The number of carbonyl (C=O) groups is 3. The third kappa shape index (κ3) is 4.45. The van der Waals surface area contributed by atoms with E-state index in [-0.39, 0.29) is 47.4 Å². The van der Waals surface area contributed by atoms with Crippen LogP contribution in [0.5, 0.6) is 5.75 Å². The van der Waals surface area contributed by atoms with Crippen LogP contribution in [0.2, 0.25) is 0 Å². The number of methoxy groups -OCH3 is 1. The zero-order chi connectivity index (χ0) is 22.5. The molecule has 2 heterocycles. The maximum absolute atomic E-state index is 12.7. The molecular formula is C20H17N3O8. The standard InChI is InChI=1S/C20H17N3O8/c1-3-9-30-17-12(5-4-6-15(17)23(27)28)10-14-18(24)22(20(26)21-14)11-13-7-8-16(31-13)19(25)29-2/h3-8,10H,1,9,11H2,2H3,(H,21,26)/b14-10-. The van der Waals surface area contributed by atoms with Crippen molar-refractivity contribution in [3.8, 4) is 5.75 Å². The van der Waals surface area contributed by atoms with Gasteiger partial charge in [0.1, 0.15) is 18.1 Å². The van der Waals surface area contributed by atoms with Gasteiger partial charge in [-0.15, -0.1) is 0 Å². The van der Waals surface area contributed by atoms with E-state index < -0.39 is 22.8 Å². The summed E-state index contributed by atoms with van der Waals surface area (Å²) in [5, 5.41) is 13.7. The predicted octanol–water partition coefficient (Wildman–Crippen LogP) is 2.63. The first kappa shape index (κ1) is 21.3. The van der Waals surface area contributed by atoms with E-state index in [0.717, 1.165) is 4.90 Å². The number of esters is 1. The van der Waals surface area contributed by atoms with Gasteiger partial charge in [0.15, 0.2) is 0 Å². The molecule has 0 saturated carbocycles. The van der Waals surface area contributed by atoms with Crippen molar-refractivity contribution in [2.75, 3.05) is 13.7 Å². The Bertz CT molecular complexity index is 1100. The number of carbonyl (C=O) groups excluding carboxylic acids is 3. The first-order valence-electron chi connectivity index (χ1n) is 8.88. The SMILES string of the molecule is C=CCOc1c(/C=C2\NC(=O)N(Cc3ccc(C(=O)OC)o3)C2=O)cccc1[N+](=O)[O-]. The number of benzene rings is 1.